The Labute approximate surface area is 208 Å². The molecule has 0 saturated carbocycles. The topological polar surface area (TPSA) is 163 Å². The van der Waals surface area contributed by atoms with E-state index in [1.165, 1.54) is 24.3 Å². The van der Waals surface area contributed by atoms with Gasteiger partial charge < -0.3 is 0 Å². The van der Waals surface area contributed by atoms with Gasteiger partial charge in [-0.2, -0.15) is 10.4 Å². The summed E-state index contributed by atoms with van der Waals surface area (Å²) in [6.07, 6.45) is 0. The third-order valence-corrected chi connectivity index (χ3v) is 8.90. The number of hydrogen-bond acceptors (Lipinski definition) is 6. The molecule has 0 radical (unpaired) electrons. The maximum Gasteiger partial charge on any atom is 0.333 e. The van der Waals surface area contributed by atoms with Crippen LogP contribution in [0.1, 0.15) is 21.5 Å². The molecule has 0 bridgehead atoms. The van der Waals surface area contributed by atoms with E-state index in [0.29, 0.717) is 0 Å². The fourth-order valence-corrected chi connectivity index (χ4v) is 6.49. The van der Waals surface area contributed by atoms with Crippen LogP contribution in [0.3, 0.4) is 0 Å². The van der Waals surface area contributed by atoms with E-state index in [-0.39, 0.29) is 15.4 Å². The molecule has 0 unspecified atom stereocenters. The molecule has 15 heteroatoms. The summed E-state index contributed by atoms with van der Waals surface area (Å²) in [6.45, 7) is 3.51. The third-order valence-electron chi connectivity index (χ3n) is 4.70. The van der Waals surface area contributed by atoms with Crippen molar-refractivity contribution in [2.45, 2.75) is 23.6 Å². The van der Waals surface area contributed by atoms with Crippen molar-refractivity contribution in [3.8, 4) is 0 Å². The second-order valence-corrected chi connectivity index (χ2v) is 12.9. The molecule has 3 aromatic carbocycles. The van der Waals surface area contributed by atoms with Gasteiger partial charge in [-0.25, -0.2) is 21.2 Å². The largest absolute Gasteiger partial charge is 0.333 e. The number of carbonyl (C=O) groups excluding carboxylic acids is 1. The highest BCUT2D eigenvalue weighted by atomic mass is 32.2. The summed E-state index contributed by atoms with van der Waals surface area (Å²) >= 11 is 0. The summed E-state index contributed by atoms with van der Waals surface area (Å²) in [5.41, 5.74) is 1.47. The number of nitrogens with one attached hydrogen (secondary N) is 5. The summed E-state index contributed by atoms with van der Waals surface area (Å²) in [6, 6.07) is 15.5. The van der Waals surface area contributed by atoms with Crippen molar-refractivity contribution in [1.82, 2.24) is 25.1 Å². The molecule has 0 spiro atoms. The van der Waals surface area contributed by atoms with Crippen LogP contribution in [0.4, 0.5) is 4.39 Å². The molecular weight excluding hydrogens is 532 g/mol. The number of benzene rings is 3. The minimum Gasteiger partial charge on any atom is -0.277 e. The average Bonchev–Trinajstić information content (AvgIpc) is 2.83. The summed E-state index contributed by atoms with van der Waals surface area (Å²) in [4.78, 5) is 16.0. The van der Waals surface area contributed by atoms with Gasteiger partial charge in [0.2, 0.25) is 0 Å². The molecule has 192 valence electrons. The van der Waals surface area contributed by atoms with Crippen molar-refractivity contribution in [2.24, 2.45) is 0 Å². The molecule has 0 aromatic heterocycles. The van der Waals surface area contributed by atoms with E-state index in [1.807, 2.05) is 25.1 Å². The standard InChI is InChI=1S/C21H23FN5O6PS2/c1-15-3-11-19(12-4-15)35(30,31)26-24-34(29,23-21(28)17-7-9-18(22)10-8-17)25-27-36(32,33)20-13-5-16(2)6-14-20/h3-14,26-27H,1-2H3,(H3,23,24,25,28,29). The van der Waals surface area contributed by atoms with Crippen LogP contribution in [0, 0.1) is 19.7 Å². The lowest BCUT2D eigenvalue weighted by molar-refractivity contribution is 0.0979. The van der Waals surface area contributed by atoms with E-state index in [0.717, 1.165) is 35.4 Å². The highest BCUT2D eigenvalue weighted by Gasteiger charge is 2.30. The molecule has 0 heterocycles. The Morgan fingerprint density at radius 1 is 0.694 bits per heavy atom. The second-order valence-electron chi connectivity index (χ2n) is 7.62. The molecule has 3 aromatic rings. The molecule has 0 aliphatic carbocycles. The van der Waals surface area contributed by atoms with Gasteiger partial charge in [0.05, 0.1) is 9.79 Å². The second kappa shape index (κ2) is 11.0. The lowest BCUT2D eigenvalue weighted by Gasteiger charge is -2.22. The zero-order valence-corrected chi connectivity index (χ0v) is 21.5. The predicted octanol–water partition coefficient (Wildman–Crippen LogP) is 2.25. The van der Waals surface area contributed by atoms with Crippen LogP contribution >= 0.6 is 7.59 Å². The van der Waals surface area contributed by atoms with Crippen LogP contribution in [0.2, 0.25) is 0 Å². The molecule has 3 rings (SSSR count). The minimum absolute atomic E-state index is 0.122. The van der Waals surface area contributed by atoms with Crippen molar-refractivity contribution in [3.05, 3.63) is 95.3 Å². The van der Waals surface area contributed by atoms with E-state index in [1.54, 1.807) is 38.1 Å². The van der Waals surface area contributed by atoms with Gasteiger partial charge in [-0.1, -0.05) is 35.4 Å². The lowest BCUT2D eigenvalue weighted by atomic mass is 10.2. The Kier molecular flexibility index (Phi) is 8.41. The van der Waals surface area contributed by atoms with Crippen LogP contribution in [-0.4, -0.2) is 22.7 Å². The summed E-state index contributed by atoms with van der Waals surface area (Å²) < 4.78 is 77.1. The zero-order valence-electron chi connectivity index (χ0n) is 19.0. The maximum atomic E-state index is 13.4. The van der Waals surface area contributed by atoms with E-state index >= 15 is 0 Å². The number of aryl methyl sites for hydroxylation is 2. The summed E-state index contributed by atoms with van der Waals surface area (Å²) in [5, 5.41) is 5.95. The normalized spacial score (nSPS) is 12.3. The number of hydrazine groups is 2. The molecule has 0 fully saturated rings. The van der Waals surface area contributed by atoms with Crippen LogP contribution in [-0.2, 0) is 24.6 Å². The number of rotatable bonds is 10. The van der Waals surface area contributed by atoms with Crippen LogP contribution in [0.25, 0.3) is 0 Å². The Bertz CT molecular complexity index is 1410. The van der Waals surface area contributed by atoms with Crippen LogP contribution in [0.5, 0.6) is 0 Å². The average molecular weight is 556 g/mol. The van der Waals surface area contributed by atoms with Gasteiger partial charge in [-0.05, 0) is 62.4 Å². The number of amides is 1. The predicted molar refractivity (Wildman–Crippen MR) is 131 cm³/mol. The fourth-order valence-electron chi connectivity index (χ4n) is 2.69. The van der Waals surface area contributed by atoms with Gasteiger partial charge in [0.1, 0.15) is 5.82 Å². The molecule has 0 atom stereocenters. The Hall–Kier alpha value is -2.97. The molecule has 11 nitrogen and oxygen atoms in total. The van der Waals surface area contributed by atoms with Gasteiger partial charge in [-0.15, -0.1) is 9.66 Å². The Morgan fingerprint density at radius 2 is 1.08 bits per heavy atom. The zero-order chi connectivity index (χ0) is 26.6. The summed E-state index contributed by atoms with van der Waals surface area (Å²) in [7, 11) is -13.1. The molecule has 1 amide bonds. The molecular formula is C21H23FN5O6PS2. The van der Waals surface area contributed by atoms with Gasteiger partial charge in [0.25, 0.3) is 26.0 Å². The molecule has 36 heavy (non-hydrogen) atoms. The van der Waals surface area contributed by atoms with E-state index < -0.39 is 39.4 Å². The number of sulfonamides is 2. The SMILES string of the molecule is Cc1ccc(S(=O)(=O)NNP(=O)(NNS(=O)(=O)c2ccc(C)cc2)NC(=O)c2ccc(F)cc2)cc1. The first-order chi connectivity index (χ1) is 16.8. The van der Waals surface area contributed by atoms with Crippen molar-refractivity contribution < 1.29 is 30.6 Å². The van der Waals surface area contributed by atoms with Crippen molar-refractivity contribution in [3.63, 3.8) is 0 Å². The quantitative estimate of drug-likeness (QED) is 0.188. The van der Waals surface area contributed by atoms with Crippen molar-refractivity contribution in [1.29, 1.82) is 0 Å². The molecule has 0 aliphatic heterocycles. The lowest BCUT2D eigenvalue weighted by Crippen LogP contribution is -2.49. The van der Waals surface area contributed by atoms with Gasteiger partial charge >= 0.3 is 7.59 Å². The van der Waals surface area contributed by atoms with E-state index in [9.17, 15) is 30.6 Å². The monoisotopic (exact) mass is 555 g/mol. The highest BCUT2D eigenvalue weighted by molar-refractivity contribution is 7.90. The molecule has 5 N–H and O–H groups in total. The van der Waals surface area contributed by atoms with Crippen LogP contribution in [0.15, 0.2) is 82.6 Å². The first-order valence-corrected chi connectivity index (χ1v) is 14.9. The minimum atomic E-state index is -4.58. The van der Waals surface area contributed by atoms with Crippen molar-refractivity contribution in [2.75, 3.05) is 0 Å². The number of hydrogen-bond donors (Lipinski definition) is 5. The summed E-state index contributed by atoms with van der Waals surface area (Å²) in [5.74, 6) is -1.63. The fraction of sp³-hybridized carbons (Fsp3) is 0.0952. The van der Waals surface area contributed by atoms with Gasteiger partial charge in [0, 0.05) is 5.56 Å². The number of halogens is 1. The third kappa shape index (κ3) is 7.27. The maximum absolute atomic E-state index is 13.4. The smallest absolute Gasteiger partial charge is 0.277 e. The van der Waals surface area contributed by atoms with E-state index in [2.05, 4.69) is 0 Å². The van der Waals surface area contributed by atoms with Crippen LogP contribution < -0.4 is 25.1 Å². The molecule has 0 saturated heterocycles. The molecule has 0 aliphatic rings. The van der Waals surface area contributed by atoms with Gasteiger partial charge in [-0.3, -0.25) is 14.4 Å². The van der Waals surface area contributed by atoms with E-state index in [4.69, 9.17) is 0 Å². The van der Waals surface area contributed by atoms with Crippen molar-refractivity contribution >= 4 is 33.5 Å². The highest BCUT2D eigenvalue weighted by Crippen LogP contribution is 2.30. The first-order valence-electron chi connectivity index (χ1n) is 10.2. The number of carbonyl (C=O) groups is 1. The Morgan fingerprint density at radius 3 is 1.47 bits per heavy atom. The Balaban J connectivity index is 1.84. The van der Waals surface area contributed by atoms with Gasteiger partial charge in [0.15, 0.2) is 0 Å². The first kappa shape index (κ1) is 27.6.